The number of benzene rings is 1. The van der Waals surface area contributed by atoms with Crippen molar-refractivity contribution in [2.24, 2.45) is 0 Å². The number of ether oxygens (including phenoxy) is 1. The highest BCUT2D eigenvalue weighted by molar-refractivity contribution is 5.72. The van der Waals surface area contributed by atoms with Gasteiger partial charge >= 0.3 is 5.97 Å². The van der Waals surface area contributed by atoms with E-state index in [9.17, 15) is 9.90 Å². The van der Waals surface area contributed by atoms with Gasteiger partial charge in [0.2, 0.25) is 0 Å². The molecule has 1 aliphatic carbocycles. The zero-order valence-corrected chi connectivity index (χ0v) is 10.8. The van der Waals surface area contributed by atoms with Crippen LogP contribution in [0.5, 0.6) is 0 Å². The van der Waals surface area contributed by atoms with E-state index in [-0.39, 0.29) is 6.10 Å². The summed E-state index contributed by atoms with van der Waals surface area (Å²) in [6, 6.07) is 8.15. The summed E-state index contributed by atoms with van der Waals surface area (Å²) in [5.74, 6) is -0.840. The monoisotopic (exact) mass is 248 g/mol. The summed E-state index contributed by atoms with van der Waals surface area (Å²) >= 11 is 0. The van der Waals surface area contributed by atoms with Gasteiger partial charge in [-0.3, -0.25) is 0 Å². The number of carboxylic acids is 1. The lowest BCUT2D eigenvalue weighted by Crippen LogP contribution is -2.25. The molecular formula is C15H20O3. The molecule has 1 aromatic carbocycles. The molecule has 0 radical (unpaired) electrons. The second-order valence-corrected chi connectivity index (χ2v) is 4.83. The number of carbonyl (C=O) groups is 1. The fourth-order valence-corrected chi connectivity index (χ4v) is 2.50. The van der Waals surface area contributed by atoms with E-state index in [1.165, 1.54) is 11.1 Å². The van der Waals surface area contributed by atoms with Crippen LogP contribution in [0.25, 0.3) is 0 Å². The number of unbranched alkanes of at least 4 members (excludes halogenated alkanes) is 1. The van der Waals surface area contributed by atoms with Crippen molar-refractivity contribution in [3.63, 3.8) is 0 Å². The minimum Gasteiger partial charge on any atom is -0.479 e. The van der Waals surface area contributed by atoms with Crippen molar-refractivity contribution in [2.45, 2.75) is 51.2 Å². The maximum absolute atomic E-state index is 11.2. The fourth-order valence-electron chi connectivity index (χ4n) is 2.50. The van der Waals surface area contributed by atoms with Gasteiger partial charge in [0.1, 0.15) is 0 Å². The second kappa shape index (κ2) is 6.01. The molecule has 2 unspecified atom stereocenters. The molecule has 2 rings (SSSR count). The maximum atomic E-state index is 11.2. The Bertz CT molecular complexity index is 414. The minimum atomic E-state index is -0.840. The number of rotatable bonds is 6. The molecule has 1 aliphatic rings. The smallest absolute Gasteiger partial charge is 0.332 e. The zero-order valence-electron chi connectivity index (χ0n) is 10.8. The lowest BCUT2D eigenvalue weighted by Gasteiger charge is -2.19. The second-order valence-electron chi connectivity index (χ2n) is 4.83. The third-order valence-corrected chi connectivity index (χ3v) is 3.50. The van der Waals surface area contributed by atoms with E-state index in [4.69, 9.17) is 4.74 Å². The molecule has 18 heavy (non-hydrogen) atoms. The molecule has 2 atom stereocenters. The average molecular weight is 248 g/mol. The first-order valence-electron chi connectivity index (χ1n) is 6.68. The number of aryl methyl sites for hydroxylation is 1. The van der Waals surface area contributed by atoms with Crippen molar-refractivity contribution in [3.8, 4) is 0 Å². The quantitative estimate of drug-likeness (QED) is 0.840. The Labute approximate surface area is 108 Å². The lowest BCUT2D eigenvalue weighted by molar-refractivity contribution is -0.155. The molecule has 0 aliphatic heterocycles. The summed E-state index contributed by atoms with van der Waals surface area (Å²) in [7, 11) is 0. The molecule has 0 saturated carbocycles. The van der Waals surface area contributed by atoms with Crippen LogP contribution < -0.4 is 0 Å². The molecule has 1 N–H and O–H groups in total. The van der Waals surface area contributed by atoms with Crippen LogP contribution in [0.4, 0.5) is 0 Å². The Balaban J connectivity index is 2.02. The summed E-state index contributed by atoms with van der Waals surface area (Å²) in [4.78, 5) is 11.2. The fraction of sp³-hybridized carbons (Fsp3) is 0.533. The van der Waals surface area contributed by atoms with Gasteiger partial charge in [-0.1, -0.05) is 44.0 Å². The van der Waals surface area contributed by atoms with E-state index in [0.29, 0.717) is 6.42 Å². The predicted molar refractivity (Wildman–Crippen MR) is 69.5 cm³/mol. The molecule has 0 bridgehead atoms. The van der Waals surface area contributed by atoms with Gasteiger partial charge in [0.25, 0.3) is 0 Å². The van der Waals surface area contributed by atoms with Gasteiger partial charge in [-0.25, -0.2) is 4.79 Å². The van der Waals surface area contributed by atoms with E-state index in [0.717, 1.165) is 25.7 Å². The Kier molecular flexibility index (Phi) is 4.37. The van der Waals surface area contributed by atoms with E-state index < -0.39 is 12.1 Å². The topological polar surface area (TPSA) is 46.5 Å². The molecule has 0 spiro atoms. The normalized spacial score (nSPS) is 19.5. The largest absolute Gasteiger partial charge is 0.479 e. The van der Waals surface area contributed by atoms with Crippen molar-refractivity contribution >= 4 is 5.97 Å². The molecule has 0 heterocycles. The van der Waals surface area contributed by atoms with Gasteiger partial charge in [0.15, 0.2) is 6.10 Å². The van der Waals surface area contributed by atoms with Gasteiger partial charge in [-0.05, 0) is 30.4 Å². The third-order valence-electron chi connectivity index (χ3n) is 3.50. The molecule has 0 fully saturated rings. The van der Waals surface area contributed by atoms with Crippen molar-refractivity contribution in [2.75, 3.05) is 0 Å². The van der Waals surface area contributed by atoms with E-state index in [2.05, 4.69) is 13.0 Å². The molecule has 3 heteroatoms. The Hall–Kier alpha value is -1.35. The number of carboxylic acid groups (broad SMARTS) is 1. The van der Waals surface area contributed by atoms with Gasteiger partial charge in [0.05, 0.1) is 6.10 Å². The van der Waals surface area contributed by atoms with Crippen molar-refractivity contribution in [1.29, 1.82) is 0 Å². The van der Waals surface area contributed by atoms with E-state index in [1.54, 1.807) is 0 Å². The van der Waals surface area contributed by atoms with Crippen LogP contribution in [-0.4, -0.2) is 17.2 Å². The molecule has 3 nitrogen and oxygen atoms in total. The summed E-state index contributed by atoms with van der Waals surface area (Å²) in [6.45, 7) is 2.06. The maximum Gasteiger partial charge on any atom is 0.332 e. The van der Waals surface area contributed by atoms with Crippen molar-refractivity contribution in [3.05, 3.63) is 35.4 Å². The Morgan fingerprint density at radius 2 is 2.28 bits per heavy atom. The zero-order chi connectivity index (χ0) is 13.0. The van der Waals surface area contributed by atoms with Gasteiger partial charge in [-0.2, -0.15) is 0 Å². The standard InChI is InChI=1S/C15H20O3/c1-2-3-8-14(15(16)17)18-13-10-9-11-6-4-5-7-12(11)13/h4-7,13-14H,2-3,8-10H2,1H3,(H,16,17). The van der Waals surface area contributed by atoms with E-state index >= 15 is 0 Å². The highest BCUT2D eigenvalue weighted by Crippen LogP contribution is 2.35. The van der Waals surface area contributed by atoms with Crippen LogP contribution in [0.2, 0.25) is 0 Å². The molecule has 0 saturated heterocycles. The third kappa shape index (κ3) is 2.91. The highest BCUT2D eigenvalue weighted by Gasteiger charge is 2.28. The first-order valence-corrected chi connectivity index (χ1v) is 6.68. The van der Waals surface area contributed by atoms with Crippen molar-refractivity contribution < 1.29 is 14.6 Å². The summed E-state index contributed by atoms with van der Waals surface area (Å²) in [5.41, 5.74) is 2.46. The van der Waals surface area contributed by atoms with Crippen molar-refractivity contribution in [1.82, 2.24) is 0 Å². The van der Waals surface area contributed by atoms with E-state index in [1.807, 2.05) is 18.2 Å². The summed E-state index contributed by atoms with van der Waals surface area (Å²) < 4.78 is 5.80. The molecule has 0 amide bonds. The Morgan fingerprint density at radius 1 is 1.50 bits per heavy atom. The van der Waals surface area contributed by atoms with Crippen LogP contribution in [-0.2, 0) is 16.0 Å². The number of hydrogen-bond donors (Lipinski definition) is 1. The van der Waals surface area contributed by atoms with Gasteiger partial charge < -0.3 is 9.84 Å². The molecule has 1 aromatic rings. The number of hydrogen-bond acceptors (Lipinski definition) is 2. The predicted octanol–water partition coefficient (Wildman–Crippen LogP) is 3.33. The summed E-state index contributed by atoms with van der Waals surface area (Å²) in [5, 5.41) is 9.18. The molecule has 98 valence electrons. The van der Waals surface area contributed by atoms with Crippen LogP contribution >= 0.6 is 0 Å². The molecular weight excluding hydrogens is 228 g/mol. The number of fused-ring (bicyclic) bond motifs is 1. The first kappa shape index (κ1) is 13.1. The molecule has 0 aromatic heterocycles. The average Bonchev–Trinajstić information content (AvgIpc) is 2.77. The van der Waals surface area contributed by atoms with Crippen LogP contribution in [0.15, 0.2) is 24.3 Å². The minimum absolute atomic E-state index is 0.0424. The van der Waals surface area contributed by atoms with Crippen LogP contribution in [0.1, 0.15) is 49.8 Å². The van der Waals surface area contributed by atoms with Gasteiger partial charge in [0, 0.05) is 0 Å². The number of aliphatic carboxylic acids is 1. The lowest BCUT2D eigenvalue weighted by atomic mass is 10.1. The van der Waals surface area contributed by atoms with Crippen LogP contribution in [0, 0.1) is 0 Å². The highest BCUT2D eigenvalue weighted by atomic mass is 16.5. The first-order chi connectivity index (χ1) is 8.72. The SMILES string of the molecule is CCCCC(OC1CCc2ccccc21)C(=O)O. The van der Waals surface area contributed by atoms with Gasteiger partial charge in [-0.15, -0.1) is 0 Å². The van der Waals surface area contributed by atoms with Crippen LogP contribution in [0.3, 0.4) is 0 Å². The Morgan fingerprint density at radius 3 is 3.00 bits per heavy atom. The summed E-state index contributed by atoms with van der Waals surface area (Å²) in [6.07, 6.45) is 3.67.